The Hall–Kier alpha value is -3.58. The van der Waals surface area contributed by atoms with Crippen LogP contribution in [0.3, 0.4) is 0 Å². The molecule has 1 N–H and O–H groups in total. The van der Waals surface area contributed by atoms with Crippen molar-refractivity contribution < 1.29 is 23.5 Å². The van der Waals surface area contributed by atoms with E-state index in [1.165, 1.54) is 12.1 Å². The molecule has 0 fully saturated rings. The lowest BCUT2D eigenvalue weighted by Gasteiger charge is -2.23. The minimum Gasteiger partial charge on any atom is -0.497 e. The third-order valence-electron chi connectivity index (χ3n) is 5.81. The molecule has 182 valence electrons. The first kappa shape index (κ1) is 24.5. The first-order valence-corrected chi connectivity index (χ1v) is 11.7. The minimum atomic E-state index is -0.649. The van der Waals surface area contributed by atoms with E-state index in [2.05, 4.69) is 5.32 Å². The molecule has 8 heteroatoms. The van der Waals surface area contributed by atoms with Gasteiger partial charge in [0, 0.05) is 29.4 Å². The van der Waals surface area contributed by atoms with Crippen molar-refractivity contribution in [1.82, 2.24) is 4.90 Å². The Morgan fingerprint density at radius 2 is 2.03 bits per heavy atom. The van der Waals surface area contributed by atoms with Gasteiger partial charge in [-0.3, -0.25) is 9.59 Å². The summed E-state index contributed by atoms with van der Waals surface area (Å²) in [5.74, 6) is 0.492. The van der Waals surface area contributed by atoms with Crippen LogP contribution in [0.25, 0.3) is 0 Å². The molecule has 0 aliphatic carbocycles. The number of amides is 2. The number of halogens is 2. The number of hydrogen-bond acceptors (Lipinski definition) is 4. The van der Waals surface area contributed by atoms with Gasteiger partial charge in [-0.25, -0.2) is 4.39 Å². The summed E-state index contributed by atoms with van der Waals surface area (Å²) in [6, 6.07) is 16.8. The van der Waals surface area contributed by atoms with Gasteiger partial charge < -0.3 is 19.7 Å². The molecule has 3 aromatic rings. The zero-order valence-electron chi connectivity index (χ0n) is 19.5. The van der Waals surface area contributed by atoms with Crippen LogP contribution in [0.5, 0.6) is 11.5 Å². The largest absolute Gasteiger partial charge is 0.497 e. The van der Waals surface area contributed by atoms with Gasteiger partial charge in [0.15, 0.2) is 6.10 Å². The van der Waals surface area contributed by atoms with Crippen LogP contribution in [0.1, 0.15) is 30.0 Å². The average molecular weight is 497 g/mol. The van der Waals surface area contributed by atoms with Crippen molar-refractivity contribution in [3.63, 3.8) is 0 Å². The number of hydrogen-bond donors (Lipinski definition) is 1. The lowest BCUT2D eigenvalue weighted by atomic mass is 10.1. The molecule has 0 bridgehead atoms. The maximum atomic E-state index is 13.5. The average Bonchev–Trinajstić information content (AvgIpc) is 2.96. The van der Waals surface area contributed by atoms with Gasteiger partial charge in [0.25, 0.3) is 5.91 Å². The molecule has 0 radical (unpaired) electrons. The number of carbonyl (C=O) groups is 2. The van der Waals surface area contributed by atoms with Gasteiger partial charge in [-0.1, -0.05) is 36.7 Å². The van der Waals surface area contributed by atoms with Crippen LogP contribution in [-0.4, -0.2) is 29.9 Å². The number of ether oxygens (including phenoxy) is 2. The number of fused-ring (bicyclic) bond motifs is 1. The van der Waals surface area contributed by atoms with Crippen LogP contribution in [0.2, 0.25) is 5.02 Å². The van der Waals surface area contributed by atoms with Crippen LogP contribution in [0, 0.1) is 5.82 Å². The summed E-state index contributed by atoms with van der Waals surface area (Å²) in [7, 11) is 1.58. The molecule has 0 spiro atoms. The molecule has 1 heterocycles. The predicted octanol–water partition coefficient (Wildman–Crippen LogP) is 5.37. The highest BCUT2D eigenvalue weighted by Crippen LogP contribution is 2.31. The van der Waals surface area contributed by atoms with Crippen LogP contribution in [0.4, 0.5) is 10.1 Å². The maximum absolute atomic E-state index is 13.5. The molecule has 1 atom stereocenters. The van der Waals surface area contributed by atoms with E-state index in [0.717, 1.165) is 11.1 Å². The van der Waals surface area contributed by atoms with E-state index in [-0.39, 0.29) is 36.3 Å². The summed E-state index contributed by atoms with van der Waals surface area (Å²) < 4.78 is 24.7. The Bertz CT molecular complexity index is 1250. The fourth-order valence-corrected chi connectivity index (χ4v) is 4.23. The summed E-state index contributed by atoms with van der Waals surface area (Å²) in [5.41, 5.74) is 2.83. The van der Waals surface area contributed by atoms with Crippen LogP contribution in [-0.2, 0) is 29.1 Å². The normalized spacial score (nSPS) is 15.1. The maximum Gasteiger partial charge on any atom is 0.264 e. The number of methoxy groups -OCH3 is 1. The van der Waals surface area contributed by atoms with Crippen molar-refractivity contribution in [2.75, 3.05) is 12.4 Å². The third kappa shape index (κ3) is 5.92. The van der Waals surface area contributed by atoms with Gasteiger partial charge in [0.2, 0.25) is 5.91 Å². The van der Waals surface area contributed by atoms with Gasteiger partial charge >= 0.3 is 0 Å². The second kappa shape index (κ2) is 10.8. The summed E-state index contributed by atoms with van der Waals surface area (Å²) in [6.45, 7) is 2.35. The van der Waals surface area contributed by atoms with Crippen molar-refractivity contribution in [2.45, 2.75) is 39.0 Å². The highest BCUT2D eigenvalue weighted by Gasteiger charge is 2.30. The van der Waals surface area contributed by atoms with Crippen molar-refractivity contribution in [2.24, 2.45) is 0 Å². The number of nitrogens with one attached hydrogen (secondary N) is 1. The summed E-state index contributed by atoms with van der Waals surface area (Å²) in [6.07, 6.45) is 0.0328. The summed E-state index contributed by atoms with van der Waals surface area (Å²) >= 11 is 6.21. The quantitative estimate of drug-likeness (QED) is 0.477. The SMILES string of the molecule is CC[C@@H]1Oc2ccc(NC(=O)Cc3cccc(OC)c3)cc2CN(Cc2ccc(F)cc2Cl)C1=O. The zero-order valence-corrected chi connectivity index (χ0v) is 20.3. The lowest BCUT2D eigenvalue weighted by Crippen LogP contribution is -2.38. The van der Waals surface area contributed by atoms with E-state index in [0.29, 0.717) is 29.2 Å². The van der Waals surface area contributed by atoms with Gasteiger partial charge in [-0.05, 0) is 60.0 Å². The lowest BCUT2D eigenvalue weighted by molar-refractivity contribution is -0.139. The molecule has 1 aliphatic heterocycles. The van der Waals surface area contributed by atoms with Crippen molar-refractivity contribution >= 4 is 29.1 Å². The summed E-state index contributed by atoms with van der Waals surface area (Å²) in [4.78, 5) is 27.4. The first-order chi connectivity index (χ1) is 16.9. The van der Waals surface area contributed by atoms with E-state index < -0.39 is 11.9 Å². The van der Waals surface area contributed by atoms with E-state index in [4.69, 9.17) is 21.1 Å². The van der Waals surface area contributed by atoms with Crippen LogP contribution < -0.4 is 14.8 Å². The van der Waals surface area contributed by atoms with Gasteiger partial charge in [-0.2, -0.15) is 0 Å². The number of anilines is 1. The standard InChI is InChI=1S/C27H26ClFN2O4/c1-3-24-27(33)31(15-18-7-8-20(29)14-23(18)28)16-19-13-21(9-10-25(19)35-24)30-26(32)12-17-5-4-6-22(11-17)34-2/h4-11,13-14,24H,3,12,15-16H2,1-2H3,(H,30,32)/t24-/m0/s1. The fraction of sp³-hybridized carbons (Fsp3) is 0.259. The number of nitrogens with zero attached hydrogens (tertiary/aromatic N) is 1. The number of benzene rings is 3. The molecule has 2 amide bonds. The van der Waals surface area contributed by atoms with Gasteiger partial charge in [0.1, 0.15) is 17.3 Å². The molecule has 0 aromatic heterocycles. The minimum absolute atomic E-state index is 0.173. The Kier molecular flexibility index (Phi) is 7.56. The second-order valence-electron chi connectivity index (χ2n) is 8.34. The molecular weight excluding hydrogens is 471 g/mol. The van der Waals surface area contributed by atoms with Crippen molar-refractivity contribution in [1.29, 1.82) is 0 Å². The van der Waals surface area contributed by atoms with E-state index in [1.807, 2.05) is 37.3 Å². The van der Waals surface area contributed by atoms with Gasteiger partial charge in [-0.15, -0.1) is 0 Å². The highest BCUT2D eigenvalue weighted by atomic mass is 35.5. The predicted molar refractivity (Wildman–Crippen MR) is 132 cm³/mol. The Labute approximate surface area is 208 Å². The molecule has 0 unspecified atom stereocenters. The van der Waals surface area contributed by atoms with Crippen molar-refractivity contribution in [3.8, 4) is 11.5 Å². The summed E-state index contributed by atoms with van der Waals surface area (Å²) in [5, 5.41) is 3.17. The topological polar surface area (TPSA) is 67.9 Å². The Balaban J connectivity index is 1.53. The molecule has 4 rings (SSSR count). The monoisotopic (exact) mass is 496 g/mol. The second-order valence-corrected chi connectivity index (χ2v) is 8.75. The number of carbonyl (C=O) groups excluding carboxylic acids is 2. The van der Waals surface area contributed by atoms with Crippen LogP contribution >= 0.6 is 11.6 Å². The fourth-order valence-electron chi connectivity index (χ4n) is 4.01. The molecule has 35 heavy (non-hydrogen) atoms. The van der Waals surface area contributed by atoms with E-state index in [9.17, 15) is 14.0 Å². The Morgan fingerprint density at radius 3 is 2.77 bits per heavy atom. The molecular formula is C27H26ClFN2O4. The highest BCUT2D eigenvalue weighted by molar-refractivity contribution is 6.31. The van der Waals surface area contributed by atoms with E-state index >= 15 is 0 Å². The van der Waals surface area contributed by atoms with Crippen molar-refractivity contribution in [3.05, 3.63) is 88.2 Å². The van der Waals surface area contributed by atoms with E-state index in [1.54, 1.807) is 30.2 Å². The zero-order chi connectivity index (χ0) is 24.9. The smallest absolute Gasteiger partial charge is 0.264 e. The van der Waals surface area contributed by atoms with Crippen LogP contribution in [0.15, 0.2) is 60.7 Å². The molecule has 6 nitrogen and oxygen atoms in total. The molecule has 0 saturated carbocycles. The molecule has 0 saturated heterocycles. The van der Waals surface area contributed by atoms with Gasteiger partial charge in [0.05, 0.1) is 13.5 Å². The first-order valence-electron chi connectivity index (χ1n) is 11.3. The third-order valence-corrected chi connectivity index (χ3v) is 6.16. The number of rotatable bonds is 7. The molecule has 1 aliphatic rings. The molecule has 3 aromatic carbocycles. The Morgan fingerprint density at radius 1 is 1.20 bits per heavy atom.